The molecular weight excluding hydrogens is 377 g/mol. The van der Waals surface area contributed by atoms with Crippen LogP contribution >= 0.6 is 0 Å². The molecule has 0 saturated heterocycles. The average molecular weight is 394 g/mol. The quantitative estimate of drug-likeness (QED) is 0.377. The first-order chi connectivity index (χ1) is 5.56. The topological polar surface area (TPSA) is 57.2 Å². The molecule has 0 saturated carbocycles. The third kappa shape index (κ3) is 15.6. The molecule has 0 N–H and O–H groups in total. The van der Waals surface area contributed by atoms with Gasteiger partial charge in [0.2, 0.25) is 0 Å². The Balaban J connectivity index is 0. The van der Waals surface area contributed by atoms with Crippen LogP contribution < -0.4 is 0 Å². The van der Waals surface area contributed by atoms with Crippen LogP contribution in [0.25, 0.3) is 0 Å². The Kier molecular flexibility index (Phi) is 11.8. The number of unbranched alkanes of at least 4 members (excludes halogenated alkanes) is 5. The molecule has 0 aromatic rings. The summed E-state index contributed by atoms with van der Waals surface area (Å²) in [5.41, 5.74) is 0. The van der Waals surface area contributed by atoms with Crippen molar-refractivity contribution in [2.75, 3.05) is 5.75 Å². The molecule has 0 aliphatic heterocycles. The first-order valence-corrected chi connectivity index (χ1v) is 6.07. The molecule has 0 amide bonds. The molecule has 0 aliphatic carbocycles. The van der Waals surface area contributed by atoms with E-state index in [0.29, 0.717) is 6.42 Å². The zero-order chi connectivity index (χ0) is 9.45. The van der Waals surface area contributed by atoms with Gasteiger partial charge in [0.15, 0.2) is 0 Å². The van der Waals surface area contributed by atoms with Crippen molar-refractivity contribution in [1.29, 1.82) is 0 Å². The van der Waals surface area contributed by atoms with E-state index < -0.39 is 10.1 Å². The summed E-state index contributed by atoms with van der Waals surface area (Å²) in [5, 5.41) is 0. The first kappa shape index (κ1) is 16.3. The number of hydrogen-bond donors (Lipinski definition) is 0. The van der Waals surface area contributed by atoms with Crippen molar-refractivity contribution in [2.45, 2.75) is 45.4 Å². The predicted octanol–water partition coefficient (Wildman–Crippen LogP) is 1.89. The van der Waals surface area contributed by atoms with E-state index in [1.54, 1.807) is 0 Å². The molecule has 0 heterocycles. The normalized spacial score (nSPS) is 10.9. The molecule has 0 aromatic heterocycles. The van der Waals surface area contributed by atoms with Crippen LogP contribution in [0.5, 0.6) is 0 Å². The van der Waals surface area contributed by atoms with Crippen molar-refractivity contribution < 1.29 is 40.6 Å². The molecule has 0 fully saturated rings. The SMILES string of the molecule is CCCCCCCCS(=O)(=O)[O-].[Hg+]. The Labute approximate surface area is 102 Å². The van der Waals surface area contributed by atoms with Gasteiger partial charge in [-0.1, -0.05) is 39.0 Å². The Bertz CT molecular complexity index is 190. The Morgan fingerprint density at radius 1 is 1.00 bits per heavy atom. The second-order valence-corrected chi connectivity index (χ2v) is 4.55. The van der Waals surface area contributed by atoms with Crippen LogP contribution in [0.3, 0.4) is 0 Å². The third-order valence-electron chi connectivity index (χ3n) is 1.75. The van der Waals surface area contributed by atoms with Gasteiger partial charge in [0, 0.05) is 5.75 Å². The van der Waals surface area contributed by atoms with Gasteiger partial charge >= 0.3 is 27.7 Å². The third-order valence-corrected chi connectivity index (χ3v) is 2.54. The minimum Gasteiger partial charge on any atom is -0.748 e. The van der Waals surface area contributed by atoms with Crippen LogP contribution in [-0.2, 0) is 37.8 Å². The van der Waals surface area contributed by atoms with E-state index in [9.17, 15) is 13.0 Å². The van der Waals surface area contributed by atoms with Crippen molar-refractivity contribution in [3.63, 3.8) is 0 Å². The molecular formula is C8H17HgO3S. The summed E-state index contributed by atoms with van der Waals surface area (Å²) < 4.78 is 30.5. The van der Waals surface area contributed by atoms with Gasteiger partial charge in [-0.2, -0.15) is 0 Å². The molecule has 75 valence electrons. The van der Waals surface area contributed by atoms with Crippen molar-refractivity contribution in [1.82, 2.24) is 0 Å². The number of hydrogen-bond acceptors (Lipinski definition) is 3. The van der Waals surface area contributed by atoms with Crippen LogP contribution in [0.4, 0.5) is 0 Å². The smallest absolute Gasteiger partial charge is 0.748 e. The van der Waals surface area contributed by atoms with E-state index in [0.717, 1.165) is 19.3 Å². The number of rotatable bonds is 7. The standard InChI is InChI=1S/C8H18O3S.Hg/c1-2-3-4-5-6-7-8-12(9,10)11;/h2-8H2,1H3,(H,9,10,11);/q;+1/p-1. The van der Waals surface area contributed by atoms with Crippen molar-refractivity contribution in [3.05, 3.63) is 0 Å². The summed E-state index contributed by atoms with van der Waals surface area (Å²) in [5.74, 6) is -0.195. The van der Waals surface area contributed by atoms with E-state index in [4.69, 9.17) is 0 Å². The van der Waals surface area contributed by atoms with E-state index in [1.807, 2.05) is 0 Å². The summed E-state index contributed by atoms with van der Waals surface area (Å²) >= 11 is 0. The van der Waals surface area contributed by atoms with Crippen LogP contribution in [0, 0.1) is 0 Å². The average Bonchev–Trinajstić information content (AvgIpc) is 1.94. The van der Waals surface area contributed by atoms with Gasteiger partial charge in [0.1, 0.15) is 0 Å². The first-order valence-electron chi connectivity index (χ1n) is 4.50. The molecule has 13 heavy (non-hydrogen) atoms. The Morgan fingerprint density at radius 2 is 1.46 bits per heavy atom. The molecule has 0 bridgehead atoms. The molecule has 0 spiro atoms. The van der Waals surface area contributed by atoms with Crippen LogP contribution in [-0.4, -0.2) is 18.7 Å². The van der Waals surface area contributed by atoms with Crippen molar-refractivity contribution in [2.24, 2.45) is 0 Å². The zero-order valence-electron chi connectivity index (χ0n) is 8.29. The van der Waals surface area contributed by atoms with Gasteiger partial charge in [0.25, 0.3) is 0 Å². The van der Waals surface area contributed by atoms with Crippen molar-refractivity contribution >= 4 is 10.1 Å². The van der Waals surface area contributed by atoms with Crippen LogP contribution in [0.2, 0.25) is 0 Å². The summed E-state index contributed by atoms with van der Waals surface area (Å²) in [6.07, 6.45) is 5.96. The minimum absolute atomic E-state index is 0. The van der Waals surface area contributed by atoms with Gasteiger partial charge in [-0.15, -0.1) is 0 Å². The van der Waals surface area contributed by atoms with Gasteiger partial charge in [-0.05, 0) is 6.42 Å². The van der Waals surface area contributed by atoms with Gasteiger partial charge in [0.05, 0.1) is 10.1 Å². The summed E-state index contributed by atoms with van der Waals surface area (Å²) in [6.45, 7) is 2.13. The largest absolute Gasteiger partial charge is 1.00 e. The van der Waals surface area contributed by atoms with Crippen LogP contribution in [0.15, 0.2) is 0 Å². The molecule has 1 radical (unpaired) electrons. The monoisotopic (exact) mass is 395 g/mol. The van der Waals surface area contributed by atoms with Gasteiger partial charge in [-0.3, -0.25) is 0 Å². The van der Waals surface area contributed by atoms with E-state index >= 15 is 0 Å². The second kappa shape index (κ2) is 9.40. The summed E-state index contributed by atoms with van der Waals surface area (Å²) in [7, 11) is -3.97. The van der Waals surface area contributed by atoms with Gasteiger partial charge in [-0.25, -0.2) is 8.42 Å². The molecule has 0 aliphatic rings. The van der Waals surface area contributed by atoms with Crippen LogP contribution in [0.1, 0.15) is 45.4 Å². The fraction of sp³-hybridized carbons (Fsp3) is 1.00. The molecule has 0 unspecified atom stereocenters. The summed E-state index contributed by atoms with van der Waals surface area (Å²) in [4.78, 5) is 0. The molecule has 0 atom stereocenters. The maximum atomic E-state index is 10.2. The molecule has 3 nitrogen and oxygen atoms in total. The Morgan fingerprint density at radius 3 is 1.92 bits per heavy atom. The van der Waals surface area contributed by atoms with E-state index in [1.165, 1.54) is 12.8 Å². The fourth-order valence-corrected chi connectivity index (χ4v) is 1.62. The van der Waals surface area contributed by atoms with Gasteiger partial charge < -0.3 is 4.55 Å². The maximum absolute atomic E-state index is 10.2. The Hall–Kier alpha value is 0.845. The molecule has 5 heteroatoms. The maximum Gasteiger partial charge on any atom is 1.00 e. The van der Waals surface area contributed by atoms with E-state index in [-0.39, 0.29) is 33.4 Å². The summed E-state index contributed by atoms with van der Waals surface area (Å²) in [6, 6.07) is 0. The second-order valence-electron chi connectivity index (χ2n) is 3.03. The molecule has 0 rings (SSSR count). The fourth-order valence-electron chi connectivity index (χ4n) is 1.06. The van der Waals surface area contributed by atoms with E-state index in [2.05, 4.69) is 6.92 Å². The van der Waals surface area contributed by atoms with Crippen molar-refractivity contribution in [3.8, 4) is 0 Å². The predicted molar refractivity (Wildman–Crippen MR) is 47.9 cm³/mol. The zero-order valence-corrected chi connectivity index (χ0v) is 14.6. The molecule has 0 aromatic carbocycles. The minimum atomic E-state index is -3.97.